The standard InChI is InChI=1S/C23H27N5OS/c1-15(26-27-23(24)30)17-10-13-21-20(14-17)25-22(16-8-11-19(29-2)12-9-16)28(21)18-6-4-3-5-7-18/h8-14,18H,3-7H2,1-2H3,(H3,24,27,30)/b26-15-. The van der Waals surface area contributed by atoms with Gasteiger partial charge in [0, 0.05) is 11.6 Å². The maximum Gasteiger partial charge on any atom is 0.184 e. The summed E-state index contributed by atoms with van der Waals surface area (Å²) in [5, 5.41) is 4.40. The molecule has 0 amide bonds. The van der Waals surface area contributed by atoms with Crippen molar-refractivity contribution in [1.29, 1.82) is 0 Å². The van der Waals surface area contributed by atoms with E-state index in [9.17, 15) is 0 Å². The second-order valence-corrected chi connectivity index (χ2v) is 8.14. The number of aromatic nitrogens is 2. The average molecular weight is 422 g/mol. The van der Waals surface area contributed by atoms with Gasteiger partial charge in [0.05, 0.1) is 23.9 Å². The molecule has 1 saturated carbocycles. The average Bonchev–Trinajstić information content (AvgIpc) is 3.16. The van der Waals surface area contributed by atoms with Crippen LogP contribution in [0.15, 0.2) is 47.6 Å². The second kappa shape index (κ2) is 8.83. The molecule has 1 aliphatic carbocycles. The number of thiocarbonyl (C=S) groups is 1. The molecule has 0 spiro atoms. The van der Waals surface area contributed by atoms with Crippen LogP contribution in [0.25, 0.3) is 22.4 Å². The van der Waals surface area contributed by atoms with E-state index in [0.717, 1.165) is 39.4 Å². The van der Waals surface area contributed by atoms with Crippen LogP contribution in [0.1, 0.15) is 50.6 Å². The van der Waals surface area contributed by atoms with Gasteiger partial charge in [0.2, 0.25) is 0 Å². The zero-order valence-electron chi connectivity index (χ0n) is 17.4. The van der Waals surface area contributed by atoms with Crippen molar-refractivity contribution in [2.24, 2.45) is 10.8 Å². The third kappa shape index (κ3) is 4.16. The Morgan fingerprint density at radius 3 is 2.57 bits per heavy atom. The predicted octanol–water partition coefficient (Wildman–Crippen LogP) is 4.77. The van der Waals surface area contributed by atoms with Gasteiger partial charge >= 0.3 is 0 Å². The lowest BCUT2D eigenvalue weighted by atomic mass is 9.94. The first-order valence-corrected chi connectivity index (χ1v) is 10.7. The van der Waals surface area contributed by atoms with Gasteiger partial charge in [-0.15, -0.1) is 0 Å². The number of fused-ring (bicyclic) bond motifs is 1. The Morgan fingerprint density at radius 2 is 1.90 bits per heavy atom. The molecule has 0 aliphatic heterocycles. The Bertz CT molecular complexity index is 1080. The van der Waals surface area contributed by atoms with Crippen molar-refractivity contribution in [3.8, 4) is 17.1 Å². The van der Waals surface area contributed by atoms with Gasteiger partial charge in [0.25, 0.3) is 0 Å². The largest absolute Gasteiger partial charge is 0.497 e. The number of rotatable bonds is 5. The molecule has 0 bridgehead atoms. The quantitative estimate of drug-likeness (QED) is 0.352. The minimum absolute atomic E-state index is 0.152. The van der Waals surface area contributed by atoms with Gasteiger partial charge in [-0.1, -0.05) is 25.3 Å². The molecule has 7 heteroatoms. The fourth-order valence-corrected chi connectivity index (χ4v) is 4.23. The lowest BCUT2D eigenvalue weighted by Gasteiger charge is -2.25. The molecule has 1 heterocycles. The Hall–Kier alpha value is -2.93. The van der Waals surface area contributed by atoms with Crippen LogP contribution in [0, 0.1) is 0 Å². The van der Waals surface area contributed by atoms with E-state index in [1.807, 2.05) is 19.1 Å². The monoisotopic (exact) mass is 421 g/mol. The van der Waals surface area contributed by atoms with Crippen LogP contribution in [-0.2, 0) is 0 Å². The third-order valence-corrected chi connectivity index (χ3v) is 5.82. The summed E-state index contributed by atoms with van der Waals surface area (Å²) in [7, 11) is 1.68. The number of hydrazone groups is 1. The van der Waals surface area contributed by atoms with Crippen LogP contribution < -0.4 is 15.9 Å². The summed E-state index contributed by atoms with van der Waals surface area (Å²) >= 11 is 4.84. The number of nitrogens with two attached hydrogens (primary N) is 1. The Kier molecular flexibility index (Phi) is 5.99. The molecule has 4 rings (SSSR count). The molecular formula is C23H27N5OS. The van der Waals surface area contributed by atoms with Crippen molar-refractivity contribution in [3.05, 3.63) is 48.0 Å². The first kappa shape index (κ1) is 20.3. The summed E-state index contributed by atoms with van der Waals surface area (Å²) in [6.45, 7) is 1.93. The highest BCUT2D eigenvalue weighted by Crippen LogP contribution is 2.36. The van der Waals surface area contributed by atoms with Gasteiger partial charge in [-0.3, -0.25) is 5.43 Å². The van der Waals surface area contributed by atoms with Crippen LogP contribution >= 0.6 is 12.2 Å². The molecule has 0 atom stereocenters. The van der Waals surface area contributed by atoms with Crippen LogP contribution in [0.5, 0.6) is 5.75 Å². The Balaban J connectivity index is 1.81. The molecule has 30 heavy (non-hydrogen) atoms. The van der Waals surface area contributed by atoms with Crippen molar-refractivity contribution >= 4 is 34.1 Å². The SMILES string of the molecule is COc1ccc(-c2nc3cc(/C(C)=N\NC(N)=S)ccc3n2C2CCCCC2)cc1. The summed E-state index contributed by atoms with van der Waals surface area (Å²) < 4.78 is 7.76. The third-order valence-electron chi connectivity index (χ3n) is 5.73. The molecule has 0 saturated heterocycles. The molecule has 1 aromatic heterocycles. The maximum atomic E-state index is 5.49. The van der Waals surface area contributed by atoms with Crippen molar-refractivity contribution in [3.63, 3.8) is 0 Å². The number of hydrogen-bond donors (Lipinski definition) is 2. The molecule has 3 N–H and O–H groups in total. The smallest absolute Gasteiger partial charge is 0.184 e. The van der Waals surface area contributed by atoms with E-state index in [2.05, 4.69) is 45.4 Å². The highest BCUT2D eigenvalue weighted by atomic mass is 32.1. The maximum absolute atomic E-state index is 5.49. The first-order chi connectivity index (χ1) is 14.6. The number of imidazole rings is 1. The van der Waals surface area contributed by atoms with Gasteiger partial charge in [-0.05, 0) is 73.9 Å². The number of nitrogens with zero attached hydrogens (tertiary/aromatic N) is 3. The zero-order valence-corrected chi connectivity index (χ0v) is 18.2. The van der Waals surface area contributed by atoms with Gasteiger partial charge in [-0.25, -0.2) is 4.98 Å². The fraction of sp³-hybridized carbons (Fsp3) is 0.348. The van der Waals surface area contributed by atoms with E-state index in [4.69, 9.17) is 27.7 Å². The summed E-state index contributed by atoms with van der Waals surface area (Å²) in [6.07, 6.45) is 6.22. The summed E-state index contributed by atoms with van der Waals surface area (Å²) in [4.78, 5) is 5.05. The van der Waals surface area contributed by atoms with E-state index < -0.39 is 0 Å². The molecular weight excluding hydrogens is 394 g/mol. The molecule has 156 valence electrons. The summed E-state index contributed by atoms with van der Waals surface area (Å²) in [5.41, 5.74) is 13.2. The van der Waals surface area contributed by atoms with E-state index in [1.54, 1.807) is 7.11 Å². The number of ether oxygens (including phenoxy) is 1. The molecule has 1 fully saturated rings. The summed E-state index contributed by atoms with van der Waals surface area (Å²) in [6, 6.07) is 14.9. The molecule has 0 radical (unpaired) electrons. The molecule has 0 unspecified atom stereocenters. The van der Waals surface area contributed by atoms with E-state index in [1.165, 1.54) is 32.1 Å². The fourth-order valence-electron chi connectivity index (χ4n) is 4.18. The summed E-state index contributed by atoms with van der Waals surface area (Å²) in [5.74, 6) is 1.85. The van der Waals surface area contributed by atoms with Gasteiger partial charge in [0.15, 0.2) is 5.11 Å². The van der Waals surface area contributed by atoms with Gasteiger partial charge in [0.1, 0.15) is 11.6 Å². The highest BCUT2D eigenvalue weighted by Gasteiger charge is 2.22. The Morgan fingerprint density at radius 1 is 1.17 bits per heavy atom. The van der Waals surface area contributed by atoms with Crippen molar-refractivity contribution < 1.29 is 4.74 Å². The van der Waals surface area contributed by atoms with E-state index >= 15 is 0 Å². The molecule has 3 aromatic rings. The number of benzene rings is 2. The zero-order chi connectivity index (χ0) is 21.1. The van der Waals surface area contributed by atoms with Crippen LogP contribution in [0.2, 0.25) is 0 Å². The lowest BCUT2D eigenvalue weighted by molar-refractivity contribution is 0.362. The van der Waals surface area contributed by atoms with E-state index in [0.29, 0.717) is 6.04 Å². The van der Waals surface area contributed by atoms with Crippen molar-refractivity contribution in [1.82, 2.24) is 15.0 Å². The van der Waals surface area contributed by atoms with Crippen LogP contribution in [0.3, 0.4) is 0 Å². The van der Waals surface area contributed by atoms with Crippen molar-refractivity contribution in [2.45, 2.75) is 45.1 Å². The predicted molar refractivity (Wildman–Crippen MR) is 126 cm³/mol. The number of hydrogen-bond acceptors (Lipinski definition) is 4. The van der Waals surface area contributed by atoms with Gasteiger partial charge in [-0.2, -0.15) is 5.10 Å². The normalized spacial score (nSPS) is 15.3. The Labute approximate surface area is 182 Å². The number of methoxy groups -OCH3 is 1. The second-order valence-electron chi connectivity index (χ2n) is 7.70. The molecule has 1 aliphatic rings. The van der Waals surface area contributed by atoms with E-state index in [-0.39, 0.29) is 5.11 Å². The highest BCUT2D eigenvalue weighted by molar-refractivity contribution is 7.80. The minimum Gasteiger partial charge on any atom is -0.497 e. The lowest BCUT2D eigenvalue weighted by Crippen LogP contribution is -2.25. The van der Waals surface area contributed by atoms with Crippen molar-refractivity contribution in [2.75, 3.05) is 7.11 Å². The number of nitrogens with one attached hydrogen (secondary N) is 1. The molecule has 6 nitrogen and oxygen atoms in total. The molecule has 2 aromatic carbocycles. The first-order valence-electron chi connectivity index (χ1n) is 10.3. The van der Waals surface area contributed by atoms with Crippen LogP contribution in [-0.4, -0.2) is 27.5 Å². The van der Waals surface area contributed by atoms with Crippen LogP contribution in [0.4, 0.5) is 0 Å². The van der Waals surface area contributed by atoms with Gasteiger partial charge < -0.3 is 15.0 Å². The minimum atomic E-state index is 0.152. The topological polar surface area (TPSA) is 77.5 Å².